The molecule has 1 N–H and O–H groups in total. The number of benzene rings is 1. The highest BCUT2D eigenvalue weighted by molar-refractivity contribution is 5.76. The molecule has 0 radical (unpaired) electrons. The Hall–Kier alpha value is -2.57. The summed E-state index contributed by atoms with van der Waals surface area (Å²) in [6.07, 6.45) is 0.455. The molecule has 1 fully saturated rings. The number of carboxylic acid groups (broad SMARTS) is 1. The van der Waals surface area contributed by atoms with Crippen LogP contribution < -0.4 is 5.56 Å². The summed E-state index contributed by atoms with van der Waals surface area (Å²) in [4.78, 5) is 23.7. The number of hydrogen-bond acceptors (Lipinski definition) is 2. The van der Waals surface area contributed by atoms with Gasteiger partial charge in [-0.05, 0) is 42.0 Å². The number of aliphatic carboxylic acids is 1. The molecule has 1 aliphatic carbocycles. The van der Waals surface area contributed by atoms with Crippen molar-refractivity contribution < 1.29 is 23.1 Å². The zero-order valence-corrected chi connectivity index (χ0v) is 14.6. The highest BCUT2D eigenvalue weighted by atomic mass is 19.4. The van der Waals surface area contributed by atoms with Gasteiger partial charge in [-0.25, -0.2) is 0 Å². The number of hydrogen-bond donors (Lipinski definition) is 1. The quantitative estimate of drug-likeness (QED) is 0.844. The Morgan fingerprint density at radius 3 is 2.33 bits per heavy atom. The summed E-state index contributed by atoms with van der Waals surface area (Å²) < 4.78 is 39.6. The Morgan fingerprint density at radius 1 is 1.15 bits per heavy atom. The lowest BCUT2D eigenvalue weighted by molar-refractivity contribution is -0.140. The van der Waals surface area contributed by atoms with E-state index in [0.29, 0.717) is 11.1 Å². The fourth-order valence-corrected chi connectivity index (χ4v) is 3.81. The summed E-state index contributed by atoms with van der Waals surface area (Å²) in [5.41, 5.74) is -0.970. The number of carboxylic acids is 1. The van der Waals surface area contributed by atoms with Crippen LogP contribution in [0.3, 0.4) is 0 Å². The predicted molar refractivity (Wildman–Crippen MR) is 93.6 cm³/mol. The SMILES string of the molecule is O=C(O)C(c1ccc(Cn2cccc(C(F)(F)F)c2=O)cc1)C1CCCC1. The Kier molecular flexibility index (Phi) is 5.39. The summed E-state index contributed by atoms with van der Waals surface area (Å²) in [6, 6.07) is 8.70. The van der Waals surface area contributed by atoms with Gasteiger partial charge in [-0.15, -0.1) is 0 Å². The summed E-state index contributed by atoms with van der Waals surface area (Å²) in [7, 11) is 0. The van der Waals surface area contributed by atoms with Crippen LogP contribution in [0.1, 0.15) is 48.3 Å². The normalized spacial score (nSPS) is 16.4. The van der Waals surface area contributed by atoms with E-state index in [1.807, 2.05) is 0 Å². The molecule has 0 amide bonds. The van der Waals surface area contributed by atoms with Crippen LogP contribution in [0, 0.1) is 5.92 Å². The first-order valence-electron chi connectivity index (χ1n) is 8.85. The van der Waals surface area contributed by atoms with Crippen molar-refractivity contribution in [3.05, 3.63) is 69.6 Å². The van der Waals surface area contributed by atoms with E-state index in [0.717, 1.165) is 36.3 Å². The molecule has 2 aromatic rings. The van der Waals surface area contributed by atoms with Crippen molar-refractivity contribution in [2.45, 2.75) is 44.3 Å². The molecule has 1 atom stereocenters. The van der Waals surface area contributed by atoms with Gasteiger partial charge in [-0.3, -0.25) is 9.59 Å². The van der Waals surface area contributed by atoms with Gasteiger partial charge in [0.1, 0.15) is 5.56 Å². The van der Waals surface area contributed by atoms with Crippen molar-refractivity contribution in [2.24, 2.45) is 5.92 Å². The Bertz CT molecular complexity index is 865. The largest absolute Gasteiger partial charge is 0.481 e. The molecule has 0 saturated heterocycles. The summed E-state index contributed by atoms with van der Waals surface area (Å²) in [5, 5.41) is 9.58. The lowest BCUT2D eigenvalue weighted by Gasteiger charge is -2.20. The number of alkyl halides is 3. The third-order valence-corrected chi connectivity index (χ3v) is 5.15. The Balaban J connectivity index is 1.82. The maximum absolute atomic E-state index is 12.9. The van der Waals surface area contributed by atoms with Crippen LogP contribution in [-0.4, -0.2) is 15.6 Å². The third-order valence-electron chi connectivity index (χ3n) is 5.15. The van der Waals surface area contributed by atoms with Crippen LogP contribution in [0.4, 0.5) is 13.2 Å². The van der Waals surface area contributed by atoms with E-state index in [4.69, 9.17) is 0 Å². The number of rotatable bonds is 5. The first-order chi connectivity index (χ1) is 12.8. The lowest BCUT2D eigenvalue weighted by atomic mass is 9.84. The van der Waals surface area contributed by atoms with Gasteiger partial charge in [0.2, 0.25) is 0 Å². The molecule has 1 saturated carbocycles. The first-order valence-corrected chi connectivity index (χ1v) is 8.85. The van der Waals surface area contributed by atoms with Crippen LogP contribution in [0.25, 0.3) is 0 Å². The van der Waals surface area contributed by atoms with E-state index >= 15 is 0 Å². The minimum atomic E-state index is -4.69. The molecule has 144 valence electrons. The molecular formula is C20H20F3NO3. The maximum Gasteiger partial charge on any atom is 0.421 e. The van der Waals surface area contributed by atoms with E-state index in [-0.39, 0.29) is 12.5 Å². The molecule has 1 aromatic carbocycles. The van der Waals surface area contributed by atoms with Gasteiger partial charge in [0.05, 0.1) is 12.5 Å². The predicted octanol–water partition coefficient (Wildman–Crippen LogP) is 4.27. The second-order valence-electron chi connectivity index (χ2n) is 6.95. The van der Waals surface area contributed by atoms with Crippen molar-refractivity contribution >= 4 is 5.97 Å². The highest BCUT2D eigenvalue weighted by Crippen LogP contribution is 2.37. The fraction of sp³-hybridized carbons (Fsp3) is 0.400. The summed E-state index contributed by atoms with van der Waals surface area (Å²) in [6.45, 7) is -0.00972. The van der Waals surface area contributed by atoms with Gasteiger partial charge >= 0.3 is 12.1 Å². The monoisotopic (exact) mass is 379 g/mol. The molecule has 0 bridgehead atoms. The molecular weight excluding hydrogens is 359 g/mol. The molecule has 0 spiro atoms. The molecule has 7 heteroatoms. The minimum Gasteiger partial charge on any atom is -0.481 e. The number of carbonyl (C=O) groups is 1. The van der Waals surface area contributed by atoms with Gasteiger partial charge in [-0.1, -0.05) is 37.1 Å². The van der Waals surface area contributed by atoms with Gasteiger partial charge < -0.3 is 9.67 Å². The molecule has 1 unspecified atom stereocenters. The Labute approximate surface area is 154 Å². The van der Waals surface area contributed by atoms with Crippen molar-refractivity contribution in [1.82, 2.24) is 4.57 Å². The van der Waals surface area contributed by atoms with Crippen molar-refractivity contribution in [2.75, 3.05) is 0 Å². The van der Waals surface area contributed by atoms with Gasteiger partial charge in [-0.2, -0.15) is 13.2 Å². The van der Waals surface area contributed by atoms with Crippen LogP contribution in [0.15, 0.2) is 47.4 Å². The van der Waals surface area contributed by atoms with Crippen molar-refractivity contribution in [1.29, 1.82) is 0 Å². The molecule has 3 rings (SSSR count). The molecule has 1 aromatic heterocycles. The number of nitrogens with zero attached hydrogens (tertiary/aromatic N) is 1. The molecule has 1 heterocycles. The lowest BCUT2D eigenvalue weighted by Crippen LogP contribution is -2.28. The average Bonchev–Trinajstić information content (AvgIpc) is 3.11. The van der Waals surface area contributed by atoms with Crippen LogP contribution in [-0.2, 0) is 17.5 Å². The van der Waals surface area contributed by atoms with Crippen LogP contribution in [0.5, 0.6) is 0 Å². The zero-order chi connectivity index (χ0) is 19.6. The number of pyridine rings is 1. The topological polar surface area (TPSA) is 59.3 Å². The van der Waals surface area contributed by atoms with Gasteiger partial charge in [0, 0.05) is 6.20 Å². The molecule has 4 nitrogen and oxygen atoms in total. The fourth-order valence-electron chi connectivity index (χ4n) is 3.81. The summed E-state index contributed by atoms with van der Waals surface area (Å²) in [5.74, 6) is -1.32. The standard InChI is InChI=1S/C20H20F3NO3/c21-20(22,23)16-6-3-11-24(18(16)25)12-13-7-9-15(10-8-13)17(19(26)27)14-4-1-2-5-14/h3,6-11,14,17H,1-2,4-5,12H2,(H,26,27). The zero-order valence-electron chi connectivity index (χ0n) is 14.6. The van der Waals surface area contributed by atoms with E-state index in [9.17, 15) is 27.9 Å². The van der Waals surface area contributed by atoms with E-state index in [2.05, 4.69) is 0 Å². The Morgan fingerprint density at radius 2 is 1.78 bits per heavy atom. The average molecular weight is 379 g/mol. The van der Waals surface area contributed by atoms with Crippen LogP contribution in [0.2, 0.25) is 0 Å². The minimum absolute atomic E-state index is 0.00972. The molecule has 1 aliphatic rings. The van der Waals surface area contributed by atoms with E-state index in [1.165, 1.54) is 12.3 Å². The molecule has 27 heavy (non-hydrogen) atoms. The van der Waals surface area contributed by atoms with Gasteiger partial charge in [0.15, 0.2) is 0 Å². The third kappa shape index (κ3) is 4.23. The van der Waals surface area contributed by atoms with Gasteiger partial charge in [0.25, 0.3) is 5.56 Å². The first kappa shape index (κ1) is 19.2. The van der Waals surface area contributed by atoms with Crippen molar-refractivity contribution in [3.63, 3.8) is 0 Å². The second-order valence-corrected chi connectivity index (χ2v) is 6.95. The number of halogens is 3. The van der Waals surface area contributed by atoms with E-state index in [1.54, 1.807) is 24.3 Å². The van der Waals surface area contributed by atoms with Crippen molar-refractivity contribution in [3.8, 4) is 0 Å². The number of aromatic nitrogens is 1. The summed E-state index contributed by atoms with van der Waals surface area (Å²) >= 11 is 0. The smallest absolute Gasteiger partial charge is 0.421 e. The highest BCUT2D eigenvalue weighted by Gasteiger charge is 2.34. The van der Waals surface area contributed by atoms with Crippen LogP contribution >= 0.6 is 0 Å². The van der Waals surface area contributed by atoms with E-state index < -0.39 is 29.2 Å². The maximum atomic E-state index is 12.9. The second kappa shape index (κ2) is 7.58. The molecule has 0 aliphatic heterocycles.